The van der Waals surface area contributed by atoms with Crippen LogP contribution < -0.4 is 4.74 Å². The second-order valence-corrected chi connectivity index (χ2v) is 5.69. The van der Waals surface area contributed by atoms with Crippen LogP contribution >= 0.6 is 0 Å². The van der Waals surface area contributed by atoms with Crippen molar-refractivity contribution in [2.45, 2.75) is 52.4 Å². The van der Waals surface area contributed by atoms with E-state index < -0.39 is 0 Å². The first-order valence-corrected chi connectivity index (χ1v) is 8.59. The van der Waals surface area contributed by atoms with Crippen LogP contribution in [-0.2, 0) is 4.74 Å². The molecule has 0 fully saturated rings. The fourth-order valence-electron chi connectivity index (χ4n) is 2.64. The highest BCUT2D eigenvalue weighted by molar-refractivity contribution is 5.68. The minimum Gasteiger partial charge on any atom is -0.498 e. The number of ether oxygens (including phenoxy) is 2. The summed E-state index contributed by atoms with van der Waals surface area (Å²) >= 11 is 0. The van der Waals surface area contributed by atoms with Crippen molar-refractivity contribution in [1.82, 2.24) is 0 Å². The molecule has 0 heterocycles. The maximum atomic E-state index is 5.86. The Balaban J connectivity index is 1.84. The number of hydrogen-bond donors (Lipinski definition) is 0. The van der Waals surface area contributed by atoms with E-state index in [-0.39, 0.29) is 0 Å². The van der Waals surface area contributed by atoms with E-state index in [1.54, 1.807) is 0 Å². The zero-order valence-electron chi connectivity index (χ0n) is 13.9. The van der Waals surface area contributed by atoms with Crippen molar-refractivity contribution in [2.24, 2.45) is 0 Å². The number of rotatable bonds is 9. The maximum absolute atomic E-state index is 5.86. The van der Waals surface area contributed by atoms with Crippen molar-refractivity contribution in [3.8, 4) is 5.75 Å². The lowest BCUT2D eigenvalue weighted by molar-refractivity contribution is 0.196. The Morgan fingerprint density at radius 1 is 0.864 bits per heavy atom. The lowest BCUT2D eigenvalue weighted by atomic mass is 9.96. The number of allylic oxidation sites excluding steroid dienone is 4. The Labute approximate surface area is 134 Å². The quantitative estimate of drug-likeness (QED) is 0.541. The highest BCUT2D eigenvalue weighted by Crippen LogP contribution is 2.28. The molecule has 0 N–H and O–H groups in total. The lowest BCUT2D eigenvalue weighted by Crippen LogP contribution is -2.00. The monoisotopic (exact) mass is 300 g/mol. The fraction of sp³-hybridized carbons (Fsp3) is 0.500. The van der Waals surface area contributed by atoms with E-state index in [4.69, 9.17) is 9.47 Å². The topological polar surface area (TPSA) is 18.5 Å². The molecule has 22 heavy (non-hydrogen) atoms. The van der Waals surface area contributed by atoms with Gasteiger partial charge in [0, 0.05) is 6.42 Å². The van der Waals surface area contributed by atoms with Crippen molar-refractivity contribution in [1.29, 1.82) is 0 Å². The summed E-state index contributed by atoms with van der Waals surface area (Å²) in [7, 11) is 0. The lowest BCUT2D eigenvalue weighted by Gasteiger charge is -2.16. The van der Waals surface area contributed by atoms with Gasteiger partial charge in [-0.05, 0) is 49.1 Å². The summed E-state index contributed by atoms with van der Waals surface area (Å²) in [5.74, 6) is 2.07. The van der Waals surface area contributed by atoms with Crippen molar-refractivity contribution < 1.29 is 9.47 Å². The predicted molar refractivity (Wildman–Crippen MR) is 93.0 cm³/mol. The second kappa shape index (κ2) is 9.34. The first-order valence-electron chi connectivity index (χ1n) is 8.59. The van der Waals surface area contributed by atoms with Crippen LogP contribution in [0.3, 0.4) is 0 Å². The van der Waals surface area contributed by atoms with Gasteiger partial charge in [-0.15, -0.1) is 0 Å². The van der Waals surface area contributed by atoms with E-state index in [0.717, 1.165) is 31.0 Å². The van der Waals surface area contributed by atoms with E-state index in [1.807, 2.05) is 19.1 Å². The molecule has 120 valence electrons. The van der Waals surface area contributed by atoms with Crippen molar-refractivity contribution in [3.63, 3.8) is 0 Å². The SMILES string of the molecule is CCCCCCOC1=CC=C(c2ccc(OCC)cc2)CC1. The molecule has 0 saturated carbocycles. The smallest absolute Gasteiger partial charge is 0.119 e. The molecule has 0 aromatic heterocycles. The molecule has 2 heteroatoms. The highest BCUT2D eigenvalue weighted by Gasteiger charge is 2.09. The van der Waals surface area contributed by atoms with Crippen LogP contribution in [0.5, 0.6) is 5.75 Å². The van der Waals surface area contributed by atoms with Crippen LogP contribution in [0, 0.1) is 0 Å². The molecule has 0 bridgehead atoms. The molecule has 0 aliphatic heterocycles. The molecule has 2 nitrogen and oxygen atoms in total. The number of benzene rings is 1. The van der Waals surface area contributed by atoms with Gasteiger partial charge in [0.05, 0.1) is 19.0 Å². The summed E-state index contributed by atoms with van der Waals surface area (Å²) in [5, 5.41) is 0. The summed E-state index contributed by atoms with van der Waals surface area (Å²) in [4.78, 5) is 0. The molecular formula is C20H28O2. The second-order valence-electron chi connectivity index (χ2n) is 5.69. The van der Waals surface area contributed by atoms with Crippen LogP contribution in [-0.4, -0.2) is 13.2 Å². The van der Waals surface area contributed by atoms with Crippen LogP contribution in [0.15, 0.2) is 42.2 Å². The number of hydrogen-bond acceptors (Lipinski definition) is 2. The third kappa shape index (κ3) is 5.25. The summed E-state index contributed by atoms with van der Waals surface area (Å²) in [5.41, 5.74) is 2.66. The van der Waals surface area contributed by atoms with Gasteiger partial charge >= 0.3 is 0 Å². The van der Waals surface area contributed by atoms with E-state index in [1.165, 1.54) is 36.8 Å². The minimum absolute atomic E-state index is 0.712. The largest absolute Gasteiger partial charge is 0.498 e. The molecule has 1 aromatic carbocycles. The van der Waals surface area contributed by atoms with E-state index in [2.05, 4.69) is 31.2 Å². The van der Waals surface area contributed by atoms with Gasteiger partial charge in [0.1, 0.15) is 5.75 Å². The summed E-state index contributed by atoms with van der Waals surface area (Å²) in [6.07, 6.45) is 11.4. The zero-order valence-corrected chi connectivity index (χ0v) is 13.9. The van der Waals surface area contributed by atoms with Gasteiger partial charge in [-0.3, -0.25) is 0 Å². The molecule has 1 aromatic rings. The summed E-state index contributed by atoms with van der Waals surface area (Å²) in [6.45, 7) is 5.81. The average Bonchev–Trinajstić information content (AvgIpc) is 2.56. The molecule has 0 atom stereocenters. The molecule has 2 rings (SSSR count). The average molecular weight is 300 g/mol. The van der Waals surface area contributed by atoms with Crippen molar-refractivity contribution in [2.75, 3.05) is 13.2 Å². The molecule has 0 spiro atoms. The van der Waals surface area contributed by atoms with Gasteiger partial charge in [-0.1, -0.05) is 44.4 Å². The molecule has 0 unspecified atom stereocenters. The third-order valence-corrected chi connectivity index (χ3v) is 3.93. The molecule has 1 aliphatic carbocycles. The Morgan fingerprint density at radius 2 is 1.68 bits per heavy atom. The van der Waals surface area contributed by atoms with Crippen molar-refractivity contribution >= 4 is 5.57 Å². The van der Waals surface area contributed by atoms with Gasteiger partial charge in [-0.2, -0.15) is 0 Å². The van der Waals surface area contributed by atoms with Crippen LogP contribution in [0.1, 0.15) is 57.9 Å². The third-order valence-electron chi connectivity index (χ3n) is 3.93. The maximum Gasteiger partial charge on any atom is 0.119 e. The highest BCUT2D eigenvalue weighted by atomic mass is 16.5. The van der Waals surface area contributed by atoms with Crippen LogP contribution in [0.4, 0.5) is 0 Å². The minimum atomic E-state index is 0.712. The molecule has 0 amide bonds. The molecule has 0 saturated heterocycles. The molecular weight excluding hydrogens is 272 g/mol. The first-order chi connectivity index (χ1) is 10.8. The van der Waals surface area contributed by atoms with E-state index >= 15 is 0 Å². The predicted octanol–water partition coefficient (Wildman–Crippen LogP) is 5.74. The summed E-state index contributed by atoms with van der Waals surface area (Å²) < 4.78 is 11.3. The van der Waals surface area contributed by atoms with Gasteiger partial charge in [0.25, 0.3) is 0 Å². The van der Waals surface area contributed by atoms with Crippen LogP contribution in [0.25, 0.3) is 5.57 Å². The normalized spacial score (nSPS) is 14.3. The summed E-state index contributed by atoms with van der Waals surface area (Å²) in [6, 6.07) is 8.37. The van der Waals surface area contributed by atoms with E-state index in [0.29, 0.717) is 6.61 Å². The van der Waals surface area contributed by atoms with E-state index in [9.17, 15) is 0 Å². The van der Waals surface area contributed by atoms with Gasteiger partial charge in [-0.25, -0.2) is 0 Å². The number of unbranched alkanes of at least 4 members (excludes halogenated alkanes) is 3. The molecule has 0 radical (unpaired) electrons. The van der Waals surface area contributed by atoms with Gasteiger partial charge < -0.3 is 9.47 Å². The van der Waals surface area contributed by atoms with Gasteiger partial charge in [0.2, 0.25) is 0 Å². The van der Waals surface area contributed by atoms with Crippen molar-refractivity contribution in [3.05, 3.63) is 47.7 Å². The Hall–Kier alpha value is -1.70. The standard InChI is InChI=1S/C20H28O2/c1-3-5-6-7-16-22-20-14-10-18(11-15-20)17-8-12-19(13-9-17)21-4-2/h8-10,12-14H,3-7,11,15-16H2,1-2H3. The Morgan fingerprint density at radius 3 is 2.32 bits per heavy atom. The zero-order chi connectivity index (χ0) is 15.6. The first kappa shape index (κ1) is 16.7. The molecule has 1 aliphatic rings. The fourth-order valence-corrected chi connectivity index (χ4v) is 2.64. The van der Waals surface area contributed by atoms with Gasteiger partial charge in [0.15, 0.2) is 0 Å². The Kier molecular flexibility index (Phi) is 7.08. The Bertz CT molecular complexity index is 497. The van der Waals surface area contributed by atoms with Crippen LogP contribution in [0.2, 0.25) is 0 Å².